The average molecular weight is 336 g/mol. The molecule has 1 N–H and O–H groups in total. The van der Waals surface area contributed by atoms with Gasteiger partial charge in [0.05, 0.1) is 4.90 Å². The molecule has 0 aromatic heterocycles. The molecule has 1 atom stereocenters. The molecule has 0 aliphatic carbocycles. The van der Waals surface area contributed by atoms with Crippen LogP contribution in [0.2, 0.25) is 0 Å². The van der Waals surface area contributed by atoms with E-state index in [1.54, 1.807) is 6.92 Å². The van der Waals surface area contributed by atoms with Crippen molar-refractivity contribution in [3.8, 4) is 0 Å². The molecule has 1 aromatic carbocycles. The summed E-state index contributed by atoms with van der Waals surface area (Å²) in [5.74, 6) is 0. The average Bonchev–Trinajstić information content (AvgIpc) is 2.79. The van der Waals surface area contributed by atoms with Crippen molar-refractivity contribution in [3.63, 3.8) is 0 Å². The Morgan fingerprint density at radius 1 is 1.32 bits per heavy atom. The first-order valence-corrected chi connectivity index (χ1v) is 8.03. The van der Waals surface area contributed by atoms with E-state index in [0.29, 0.717) is 6.42 Å². The molecule has 122 valence electrons. The summed E-state index contributed by atoms with van der Waals surface area (Å²) in [6.07, 6.45) is -5.37. The van der Waals surface area contributed by atoms with Gasteiger partial charge in [-0.05, 0) is 18.6 Å². The number of alkyl halides is 3. The molecule has 1 aromatic rings. The van der Waals surface area contributed by atoms with Crippen LogP contribution in [0.25, 0.3) is 0 Å². The van der Waals surface area contributed by atoms with Crippen molar-refractivity contribution >= 4 is 15.7 Å². The fourth-order valence-corrected chi connectivity index (χ4v) is 3.67. The van der Waals surface area contributed by atoms with Gasteiger partial charge in [-0.15, -0.1) is 4.41 Å². The first kappa shape index (κ1) is 16.8. The van der Waals surface area contributed by atoms with Crippen molar-refractivity contribution in [1.82, 2.24) is 4.41 Å². The predicted molar refractivity (Wildman–Crippen MR) is 73.4 cm³/mol. The summed E-state index contributed by atoms with van der Waals surface area (Å²) >= 11 is 0. The van der Waals surface area contributed by atoms with Crippen LogP contribution in [0.15, 0.2) is 40.3 Å². The van der Waals surface area contributed by atoms with Crippen molar-refractivity contribution in [2.75, 3.05) is 0 Å². The Morgan fingerprint density at radius 2 is 1.91 bits per heavy atom. The third-order valence-electron chi connectivity index (χ3n) is 3.26. The standard InChI is InChI=1S/C13H15F3N2O3S/c1-2-6-10-9-12(19,13(14,15)16)18(17-10)22(20,21)11-7-4-3-5-8-11/h3-5,7-8,19H,2,6,9H2,1H3/t12-/m0/s1. The zero-order chi connectivity index (χ0) is 16.6. The second-order valence-corrected chi connectivity index (χ2v) is 6.74. The fraction of sp³-hybridized carbons (Fsp3) is 0.462. The van der Waals surface area contributed by atoms with Gasteiger partial charge >= 0.3 is 6.18 Å². The van der Waals surface area contributed by atoms with Crippen LogP contribution in [0, 0.1) is 0 Å². The van der Waals surface area contributed by atoms with E-state index in [1.165, 1.54) is 18.2 Å². The normalized spacial score (nSPS) is 22.8. The summed E-state index contributed by atoms with van der Waals surface area (Å²) in [5, 5.41) is 13.5. The van der Waals surface area contributed by atoms with Gasteiger partial charge in [0, 0.05) is 12.1 Å². The molecule has 1 heterocycles. The molecule has 0 radical (unpaired) electrons. The maximum Gasteiger partial charge on any atom is 0.439 e. The minimum Gasteiger partial charge on any atom is -0.361 e. The highest BCUT2D eigenvalue weighted by atomic mass is 32.2. The van der Waals surface area contributed by atoms with Crippen molar-refractivity contribution < 1.29 is 26.7 Å². The fourth-order valence-electron chi connectivity index (χ4n) is 2.18. The summed E-state index contributed by atoms with van der Waals surface area (Å²) in [7, 11) is -4.60. The monoisotopic (exact) mass is 336 g/mol. The lowest BCUT2D eigenvalue weighted by Crippen LogP contribution is -2.56. The topological polar surface area (TPSA) is 70.0 Å². The Bertz CT molecular complexity index is 674. The van der Waals surface area contributed by atoms with Crippen LogP contribution in [0.5, 0.6) is 0 Å². The third-order valence-corrected chi connectivity index (χ3v) is 4.97. The summed E-state index contributed by atoms with van der Waals surface area (Å²) in [5.41, 5.74) is -3.55. The van der Waals surface area contributed by atoms with Crippen LogP contribution >= 0.6 is 0 Å². The van der Waals surface area contributed by atoms with E-state index in [0.717, 1.165) is 12.1 Å². The molecule has 1 aliphatic rings. The lowest BCUT2D eigenvalue weighted by Gasteiger charge is -2.33. The summed E-state index contributed by atoms with van der Waals surface area (Å²) in [4.78, 5) is -0.362. The van der Waals surface area contributed by atoms with Gasteiger partial charge in [0.1, 0.15) is 0 Å². The molecule has 22 heavy (non-hydrogen) atoms. The number of hydrogen-bond donors (Lipinski definition) is 1. The van der Waals surface area contributed by atoms with Gasteiger partial charge in [0.15, 0.2) is 0 Å². The van der Waals surface area contributed by atoms with Crippen molar-refractivity contribution in [2.45, 2.75) is 43.0 Å². The van der Waals surface area contributed by atoms with E-state index in [-0.39, 0.29) is 21.4 Å². The second kappa shape index (κ2) is 5.54. The van der Waals surface area contributed by atoms with Crippen LogP contribution in [-0.2, 0) is 10.0 Å². The summed E-state index contributed by atoms with van der Waals surface area (Å²) < 4.78 is 64.3. The molecule has 9 heteroatoms. The largest absolute Gasteiger partial charge is 0.439 e. The maximum atomic E-state index is 13.2. The zero-order valence-electron chi connectivity index (χ0n) is 11.7. The van der Waals surface area contributed by atoms with Crippen LogP contribution in [0.4, 0.5) is 13.2 Å². The van der Waals surface area contributed by atoms with E-state index in [1.807, 2.05) is 0 Å². The number of sulfonamides is 1. The lowest BCUT2D eigenvalue weighted by atomic mass is 10.0. The van der Waals surface area contributed by atoms with Gasteiger partial charge < -0.3 is 5.11 Å². The van der Waals surface area contributed by atoms with Crippen molar-refractivity contribution in [1.29, 1.82) is 0 Å². The molecular formula is C13H15F3N2O3S. The first-order valence-electron chi connectivity index (χ1n) is 6.59. The molecule has 0 saturated carbocycles. The SMILES string of the molecule is CCCC1=NN(S(=O)(=O)c2ccccc2)[C@@](O)(C(F)(F)F)C1. The highest BCUT2D eigenvalue weighted by Gasteiger charge is 2.64. The molecule has 2 rings (SSSR count). The van der Waals surface area contributed by atoms with Crippen LogP contribution < -0.4 is 0 Å². The van der Waals surface area contributed by atoms with E-state index in [4.69, 9.17) is 0 Å². The molecule has 1 aliphatic heterocycles. The summed E-state index contributed by atoms with van der Waals surface area (Å²) in [6, 6.07) is 6.60. The number of aliphatic hydroxyl groups is 1. The zero-order valence-corrected chi connectivity index (χ0v) is 12.5. The highest BCUT2D eigenvalue weighted by molar-refractivity contribution is 7.89. The number of benzene rings is 1. The second-order valence-electron chi connectivity index (χ2n) is 4.97. The number of hydrogen-bond acceptors (Lipinski definition) is 4. The highest BCUT2D eigenvalue weighted by Crippen LogP contribution is 2.43. The third kappa shape index (κ3) is 2.70. The Labute approximate surface area is 126 Å². The van der Waals surface area contributed by atoms with E-state index in [9.17, 15) is 26.7 Å². The maximum absolute atomic E-state index is 13.2. The van der Waals surface area contributed by atoms with Gasteiger partial charge in [0.2, 0.25) is 0 Å². The van der Waals surface area contributed by atoms with Gasteiger partial charge in [-0.2, -0.15) is 26.7 Å². The Hall–Kier alpha value is -1.61. The molecule has 0 spiro atoms. The molecule has 5 nitrogen and oxygen atoms in total. The van der Waals surface area contributed by atoms with Gasteiger partial charge in [-0.3, -0.25) is 0 Å². The smallest absolute Gasteiger partial charge is 0.361 e. The van der Waals surface area contributed by atoms with Gasteiger partial charge in [-0.25, -0.2) is 0 Å². The predicted octanol–water partition coefficient (Wildman–Crippen LogP) is 2.49. The number of rotatable bonds is 4. The Balaban J connectivity index is 2.53. The number of nitrogens with zero attached hydrogens (tertiary/aromatic N) is 2. The minimum atomic E-state index is -5.16. The quantitative estimate of drug-likeness (QED) is 0.918. The Kier molecular flexibility index (Phi) is 4.22. The minimum absolute atomic E-state index is 0.00170. The Morgan fingerprint density at radius 3 is 2.41 bits per heavy atom. The molecule has 0 fully saturated rings. The lowest BCUT2D eigenvalue weighted by molar-refractivity contribution is -0.291. The first-order chi connectivity index (χ1) is 10.1. The molecule has 0 bridgehead atoms. The van der Waals surface area contributed by atoms with E-state index >= 15 is 0 Å². The van der Waals surface area contributed by atoms with Gasteiger partial charge in [-0.1, -0.05) is 31.5 Å². The van der Waals surface area contributed by atoms with Crippen LogP contribution in [0.3, 0.4) is 0 Å². The molecule has 0 saturated heterocycles. The van der Waals surface area contributed by atoms with E-state index in [2.05, 4.69) is 5.10 Å². The number of halogens is 3. The number of hydrazone groups is 1. The van der Waals surface area contributed by atoms with Crippen molar-refractivity contribution in [2.24, 2.45) is 5.10 Å². The van der Waals surface area contributed by atoms with Crippen molar-refractivity contribution in [3.05, 3.63) is 30.3 Å². The molecular weight excluding hydrogens is 321 g/mol. The van der Waals surface area contributed by atoms with Crippen LogP contribution in [-0.4, -0.2) is 35.6 Å². The molecule has 0 unspecified atom stereocenters. The van der Waals surface area contributed by atoms with E-state index < -0.39 is 28.3 Å². The van der Waals surface area contributed by atoms with Gasteiger partial charge in [0.25, 0.3) is 15.7 Å². The van der Waals surface area contributed by atoms with Crippen LogP contribution in [0.1, 0.15) is 26.2 Å². The summed E-state index contributed by atoms with van der Waals surface area (Å²) in [6.45, 7) is 1.73. The molecule has 0 amide bonds.